The predicted octanol–water partition coefficient (Wildman–Crippen LogP) is 1.18. The van der Waals surface area contributed by atoms with Gasteiger partial charge in [0.15, 0.2) is 0 Å². The molecule has 0 radical (unpaired) electrons. The smallest absolute Gasteiger partial charge is 0.255 e. The van der Waals surface area contributed by atoms with Gasteiger partial charge in [-0.3, -0.25) is 4.79 Å². The van der Waals surface area contributed by atoms with Crippen LogP contribution in [0.1, 0.15) is 28.9 Å². The first-order valence-electron chi connectivity index (χ1n) is 7.60. The molecule has 1 unspecified atom stereocenters. The van der Waals surface area contributed by atoms with Crippen molar-refractivity contribution in [3.8, 4) is 0 Å². The number of rotatable bonds is 2. The maximum atomic E-state index is 12.8. The summed E-state index contributed by atoms with van der Waals surface area (Å²) in [5.74, 6) is -0.0738. The van der Waals surface area contributed by atoms with Gasteiger partial charge in [0, 0.05) is 24.5 Å². The fourth-order valence-corrected chi connectivity index (χ4v) is 3.20. The standard InChI is InChI=1S/C16H17N5O2/c22-15(12-8-13-4-1-2-6-20(13)10-12)21-7-3-5-16(23,11-21)14-9-17-19-18-14/h1-2,4,6,8-10,23H,3,5,7,11H2,(H,17,18,19). The number of pyridine rings is 1. The molecule has 3 aromatic heterocycles. The van der Waals surface area contributed by atoms with E-state index in [1.165, 1.54) is 6.20 Å². The normalized spacial score (nSPS) is 21.7. The van der Waals surface area contributed by atoms with Crippen LogP contribution >= 0.6 is 0 Å². The molecule has 0 saturated carbocycles. The fraction of sp³-hybridized carbons (Fsp3) is 0.312. The molecule has 3 aromatic rings. The molecule has 1 saturated heterocycles. The maximum absolute atomic E-state index is 12.8. The highest BCUT2D eigenvalue weighted by Gasteiger charge is 2.39. The first kappa shape index (κ1) is 14.0. The summed E-state index contributed by atoms with van der Waals surface area (Å²) in [6.45, 7) is 0.857. The molecule has 0 spiro atoms. The summed E-state index contributed by atoms with van der Waals surface area (Å²) in [5, 5.41) is 21.1. The molecular formula is C16H17N5O2. The number of carbonyl (C=O) groups is 1. The summed E-state index contributed by atoms with van der Waals surface area (Å²) < 4.78 is 1.92. The van der Waals surface area contributed by atoms with Gasteiger partial charge < -0.3 is 14.4 Å². The summed E-state index contributed by atoms with van der Waals surface area (Å²) >= 11 is 0. The molecule has 1 aliphatic rings. The molecule has 2 N–H and O–H groups in total. The third-order valence-corrected chi connectivity index (χ3v) is 4.40. The number of amides is 1. The minimum Gasteiger partial charge on any atom is -0.382 e. The van der Waals surface area contributed by atoms with E-state index >= 15 is 0 Å². The van der Waals surface area contributed by atoms with E-state index in [1.54, 1.807) is 4.90 Å². The summed E-state index contributed by atoms with van der Waals surface area (Å²) in [6.07, 6.45) is 6.54. The Balaban J connectivity index is 1.60. The lowest BCUT2D eigenvalue weighted by atomic mass is 9.90. The number of carbonyl (C=O) groups excluding carboxylic acids is 1. The number of nitrogens with one attached hydrogen (secondary N) is 1. The van der Waals surface area contributed by atoms with Crippen molar-refractivity contribution in [1.29, 1.82) is 0 Å². The average Bonchev–Trinajstić information content (AvgIpc) is 3.23. The third-order valence-electron chi connectivity index (χ3n) is 4.40. The Morgan fingerprint density at radius 2 is 2.30 bits per heavy atom. The van der Waals surface area contributed by atoms with Gasteiger partial charge in [-0.2, -0.15) is 15.4 Å². The monoisotopic (exact) mass is 311 g/mol. The van der Waals surface area contributed by atoms with E-state index < -0.39 is 5.60 Å². The second-order valence-electron chi connectivity index (χ2n) is 5.98. The molecule has 7 heteroatoms. The maximum Gasteiger partial charge on any atom is 0.255 e. The van der Waals surface area contributed by atoms with Gasteiger partial charge in [0.05, 0.1) is 18.3 Å². The second kappa shape index (κ2) is 5.20. The number of likely N-dealkylation sites (tertiary alicyclic amines) is 1. The van der Waals surface area contributed by atoms with E-state index in [9.17, 15) is 9.90 Å². The molecule has 1 atom stereocenters. The highest BCUT2D eigenvalue weighted by atomic mass is 16.3. The molecule has 1 fully saturated rings. The van der Waals surface area contributed by atoms with Crippen molar-refractivity contribution in [2.75, 3.05) is 13.1 Å². The third kappa shape index (κ3) is 2.39. The number of aromatic amines is 1. The SMILES string of the molecule is O=C(c1cc2ccccn2c1)N1CCCC(O)(c2cn[nH]n2)C1. The number of piperidine rings is 1. The zero-order valence-electron chi connectivity index (χ0n) is 12.5. The van der Waals surface area contributed by atoms with Crippen molar-refractivity contribution < 1.29 is 9.90 Å². The Labute approximate surface area is 132 Å². The van der Waals surface area contributed by atoms with Crippen molar-refractivity contribution in [2.24, 2.45) is 0 Å². The number of aromatic nitrogens is 4. The van der Waals surface area contributed by atoms with Crippen LogP contribution in [0.15, 0.2) is 42.9 Å². The van der Waals surface area contributed by atoms with Crippen LogP contribution in [0, 0.1) is 0 Å². The van der Waals surface area contributed by atoms with Gasteiger partial charge in [-0.25, -0.2) is 0 Å². The van der Waals surface area contributed by atoms with Gasteiger partial charge in [-0.15, -0.1) is 0 Å². The number of hydrogen-bond acceptors (Lipinski definition) is 4. The Kier molecular flexibility index (Phi) is 3.16. The van der Waals surface area contributed by atoms with E-state index in [0.29, 0.717) is 24.2 Å². The van der Waals surface area contributed by atoms with Gasteiger partial charge in [0.1, 0.15) is 11.3 Å². The first-order chi connectivity index (χ1) is 11.2. The van der Waals surface area contributed by atoms with Crippen LogP contribution in [0.2, 0.25) is 0 Å². The van der Waals surface area contributed by atoms with Crippen LogP contribution in [0.4, 0.5) is 0 Å². The predicted molar refractivity (Wildman–Crippen MR) is 82.8 cm³/mol. The molecule has 23 heavy (non-hydrogen) atoms. The van der Waals surface area contributed by atoms with Crippen molar-refractivity contribution in [3.63, 3.8) is 0 Å². The van der Waals surface area contributed by atoms with E-state index in [-0.39, 0.29) is 12.5 Å². The summed E-state index contributed by atoms with van der Waals surface area (Å²) in [4.78, 5) is 14.5. The lowest BCUT2D eigenvalue weighted by Gasteiger charge is -2.37. The fourth-order valence-electron chi connectivity index (χ4n) is 3.20. The molecule has 1 aliphatic heterocycles. The number of aliphatic hydroxyl groups is 1. The van der Waals surface area contributed by atoms with Crippen molar-refractivity contribution in [3.05, 3.63) is 54.1 Å². The van der Waals surface area contributed by atoms with E-state index in [2.05, 4.69) is 15.4 Å². The second-order valence-corrected chi connectivity index (χ2v) is 5.98. The number of hydrogen-bond donors (Lipinski definition) is 2. The molecule has 0 aliphatic carbocycles. The summed E-state index contributed by atoms with van der Waals surface area (Å²) in [6, 6.07) is 7.68. The van der Waals surface area contributed by atoms with Gasteiger partial charge in [-0.05, 0) is 31.0 Å². The largest absolute Gasteiger partial charge is 0.382 e. The Morgan fingerprint density at radius 3 is 3.09 bits per heavy atom. The quantitative estimate of drug-likeness (QED) is 0.744. The number of nitrogens with zero attached hydrogens (tertiary/aromatic N) is 4. The van der Waals surface area contributed by atoms with Gasteiger partial charge in [0.25, 0.3) is 5.91 Å². The van der Waals surface area contributed by atoms with Gasteiger partial charge >= 0.3 is 0 Å². The first-order valence-corrected chi connectivity index (χ1v) is 7.60. The van der Waals surface area contributed by atoms with Gasteiger partial charge in [-0.1, -0.05) is 6.07 Å². The highest BCUT2D eigenvalue weighted by Crippen LogP contribution is 2.30. The van der Waals surface area contributed by atoms with Crippen molar-refractivity contribution in [2.45, 2.75) is 18.4 Å². The number of H-pyrrole nitrogens is 1. The Morgan fingerprint density at radius 1 is 1.39 bits per heavy atom. The van der Waals surface area contributed by atoms with Crippen LogP contribution < -0.4 is 0 Å². The van der Waals surface area contributed by atoms with Crippen LogP contribution in [0.5, 0.6) is 0 Å². The van der Waals surface area contributed by atoms with Crippen molar-refractivity contribution >= 4 is 11.4 Å². The summed E-state index contributed by atoms with van der Waals surface area (Å²) in [5.41, 5.74) is 0.942. The highest BCUT2D eigenvalue weighted by molar-refractivity contribution is 5.95. The molecule has 4 heterocycles. The molecular weight excluding hydrogens is 294 g/mol. The van der Waals surface area contributed by atoms with Crippen molar-refractivity contribution in [1.82, 2.24) is 24.7 Å². The Bertz CT molecular complexity index is 808. The van der Waals surface area contributed by atoms with E-state index in [0.717, 1.165) is 11.9 Å². The number of fused-ring (bicyclic) bond motifs is 1. The van der Waals surface area contributed by atoms with Crippen LogP contribution in [-0.4, -0.2) is 48.8 Å². The molecule has 4 rings (SSSR count). The van der Waals surface area contributed by atoms with E-state index in [4.69, 9.17) is 0 Å². The average molecular weight is 311 g/mol. The molecule has 7 nitrogen and oxygen atoms in total. The minimum atomic E-state index is -1.14. The lowest BCUT2D eigenvalue weighted by molar-refractivity contribution is -0.0320. The van der Waals surface area contributed by atoms with Crippen LogP contribution in [-0.2, 0) is 5.60 Å². The topological polar surface area (TPSA) is 86.5 Å². The van der Waals surface area contributed by atoms with Gasteiger partial charge in [0.2, 0.25) is 0 Å². The lowest BCUT2D eigenvalue weighted by Crippen LogP contribution is -2.48. The van der Waals surface area contributed by atoms with E-state index in [1.807, 2.05) is 41.1 Å². The number of β-amino-alcohol motifs (C(OH)–C–C–N with tert-alkyl or cyclic N) is 1. The molecule has 0 aromatic carbocycles. The van der Waals surface area contributed by atoms with Crippen LogP contribution in [0.3, 0.4) is 0 Å². The molecule has 118 valence electrons. The summed E-state index contributed by atoms with van der Waals surface area (Å²) in [7, 11) is 0. The zero-order chi connectivity index (χ0) is 15.9. The van der Waals surface area contributed by atoms with Crippen LogP contribution in [0.25, 0.3) is 5.52 Å². The zero-order valence-corrected chi connectivity index (χ0v) is 12.5. The molecule has 1 amide bonds. The Hall–Kier alpha value is -2.67. The molecule has 0 bridgehead atoms. The minimum absolute atomic E-state index is 0.0738.